The molecular formula is C16H27N3O2. The molecule has 1 atom stereocenters. The second-order valence-corrected chi connectivity index (χ2v) is 5.98. The normalized spacial score (nSPS) is 25.7. The number of hydrogen-bond donors (Lipinski definition) is 0. The largest absolute Gasteiger partial charge is 0.340 e. The van der Waals surface area contributed by atoms with E-state index in [2.05, 4.69) is 6.92 Å². The van der Waals surface area contributed by atoms with Crippen molar-refractivity contribution in [1.82, 2.24) is 9.80 Å². The average molecular weight is 293 g/mol. The van der Waals surface area contributed by atoms with E-state index in [4.69, 9.17) is 4.99 Å². The summed E-state index contributed by atoms with van der Waals surface area (Å²) >= 11 is 0. The molecule has 0 bridgehead atoms. The molecule has 21 heavy (non-hydrogen) atoms. The molecule has 0 aliphatic carbocycles. The van der Waals surface area contributed by atoms with Crippen LogP contribution in [0.3, 0.4) is 0 Å². The molecule has 2 rings (SSSR count). The van der Waals surface area contributed by atoms with E-state index >= 15 is 0 Å². The van der Waals surface area contributed by atoms with E-state index < -0.39 is 5.54 Å². The quantitative estimate of drug-likeness (QED) is 0.780. The summed E-state index contributed by atoms with van der Waals surface area (Å²) in [6.07, 6.45) is 5.13. The van der Waals surface area contributed by atoms with Gasteiger partial charge in [0.2, 0.25) is 5.91 Å². The Hall–Kier alpha value is -1.39. The highest BCUT2D eigenvalue weighted by Crippen LogP contribution is 2.33. The molecule has 0 radical (unpaired) electrons. The van der Waals surface area contributed by atoms with Crippen molar-refractivity contribution in [1.29, 1.82) is 0 Å². The monoisotopic (exact) mass is 293 g/mol. The fourth-order valence-corrected chi connectivity index (χ4v) is 3.31. The van der Waals surface area contributed by atoms with E-state index in [9.17, 15) is 9.59 Å². The highest BCUT2D eigenvalue weighted by molar-refractivity contribution is 6.08. The lowest BCUT2D eigenvalue weighted by atomic mass is 9.89. The fourth-order valence-electron chi connectivity index (χ4n) is 3.31. The van der Waals surface area contributed by atoms with Gasteiger partial charge in [0.05, 0.1) is 6.54 Å². The second-order valence-electron chi connectivity index (χ2n) is 5.98. The first-order chi connectivity index (χ1) is 10.1. The predicted molar refractivity (Wildman–Crippen MR) is 83.2 cm³/mol. The SMILES string of the molecule is CCCCC1=NC2(CCCN(C(=O)CC)C2)C(=O)N1CC. The molecular weight excluding hydrogens is 266 g/mol. The van der Waals surface area contributed by atoms with Crippen molar-refractivity contribution in [3.05, 3.63) is 0 Å². The van der Waals surface area contributed by atoms with Gasteiger partial charge in [-0.1, -0.05) is 20.3 Å². The van der Waals surface area contributed by atoms with Crippen LogP contribution < -0.4 is 0 Å². The van der Waals surface area contributed by atoms with Crippen LogP contribution in [0.4, 0.5) is 0 Å². The Morgan fingerprint density at radius 1 is 1.33 bits per heavy atom. The number of unbranched alkanes of at least 4 members (excludes halogenated alkanes) is 1. The molecule has 0 aromatic carbocycles. The van der Waals surface area contributed by atoms with Gasteiger partial charge in [0.15, 0.2) is 5.54 Å². The number of nitrogens with zero attached hydrogens (tertiary/aromatic N) is 3. The molecule has 0 saturated carbocycles. The van der Waals surface area contributed by atoms with Gasteiger partial charge in [0.1, 0.15) is 5.84 Å². The van der Waals surface area contributed by atoms with E-state index in [0.29, 0.717) is 19.5 Å². The van der Waals surface area contributed by atoms with Crippen LogP contribution in [0.5, 0.6) is 0 Å². The summed E-state index contributed by atoms with van der Waals surface area (Å²) in [7, 11) is 0. The molecule has 1 saturated heterocycles. The van der Waals surface area contributed by atoms with Gasteiger partial charge in [-0.2, -0.15) is 0 Å². The van der Waals surface area contributed by atoms with Crippen molar-refractivity contribution in [3.63, 3.8) is 0 Å². The van der Waals surface area contributed by atoms with Gasteiger partial charge in [-0.3, -0.25) is 19.5 Å². The molecule has 1 unspecified atom stereocenters. The van der Waals surface area contributed by atoms with Gasteiger partial charge < -0.3 is 4.90 Å². The van der Waals surface area contributed by atoms with E-state index in [-0.39, 0.29) is 11.8 Å². The Balaban J connectivity index is 2.21. The standard InChI is InChI=1S/C16H27N3O2/c1-4-7-9-13-17-16(15(21)19(13)6-3)10-8-11-18(12-16)14(20)5-2/h4-12H2,1-3H3. The van der Waals surface area contributed by atoms with Crippen LogP contribution in [0, 0.1) is 0 Å². The topological polar surface area (TPSA) is 53.0 Å². The average Bonchev–Trinajstić information content (AvgIpc) is 2.76. The van der Waals surface area contributed by atoms with Gasteiger partial charge in [-0.05, 0) is 26.2 Å². The van der Waals surface area contributed by atoms with E-state index in [1.165, 1.54) is 0 Å². The third-order valence-electron chi connectivity index (χ3n) is 4.49. The summed E-state index contributed by atoms with van der Waals surface area (Å²) in [4.78, 5) is 33.3. The number of likely N-dealkylation sites (tertiary alicyclic amines) is 1. The minimum absolute atomic E-state index is 0.102. The molecule has 2 heterocycles. The number of hydrogen-bond acceptors (Lipinski definition) is 3. The first kappa shape index (κ1) is 16.0. The van der Waals surface area contributed by atoms with Crippen LogP contribution in [0.25, 0.3) is 0 Å². The number of piperidine rings is 1. The number of likely N-dealkylation sites (N-methyl/N-ethyl adjacent to an activating group) is 1. The summed E-state index contributed by atoms with van der Waals surface area (Å²) in [5, 5.41) is 0. The number of rotatable bonds is 5. The van der Waals surface area contributed by atoms with Gasteiger partial charge in [0, 0.05) is 25.9 Å². The molecule has 2 aliphatic heterocycles. The molecule has 2 aliphatic rings. The molecule has 0 aromatic heterocycles. The number of carbonyl (C=O) groups is 2. The van der Waals surface area contributed by atoms with Crippen molar-refractivity contribution >= 4 is 17.6 Å². The zero-order chi connectivity index (χ0) is 15.5. The number of amidine groups is 1. The van der Waals surface area contributed by atoms with Crippen molar-refractivity contribution in [2.45, 2.75) is 64.8 Å². The molecule has 118 valence electrons. The first-order valence-corrected chi connectivity index (χ1v) is 8.26. The van der Waals surface area contributed by atoms with Crippen LogP contribution in [-0.2, 0) is 9.59 Å². The lowest BCUT2D eigenvalue weighted by molar-refractivity contribution is -0.138. The minimum Gasteiger partial charge on any atom is -0.340 e. The number of amides is 2. The molecule has 0 aromatic rings. The Labute approximate surface area is 127 Å². The molecule has 1 spiro atoms. The summed E-state index contributed by atoms with van der Waals surface area (Å²) in [5.74, 6) is 1.15. The van der Waals surface area contributed by atoms with Crippen LogP contribution >= 0.6 is 0 Å². The van der Waals surface area contributed by atoms with Gasteiger partial charge >= 0.3 is 0 Å². The zero-order valence-corrected chi connectivity index (χ0v) is 13.5. The van der Waals surface area contributed by atoms with Crippen molar-refractivity contribution in [3.8, 4) is 0 Å². The van der Waals surface area contributed by atoms with E-state index in [0.717, 1.165) is 44.5 Å². The van der Waals surface area contributed by atoms with Crippen LogP contribution in [0.15, 0.2) is 4.99 Å². The van der Waals surface area contributed by atoms with Gasteiger partial charge in [-0.25, -0.2) is 0 Å². The third kappa shape index (κ3) is 2.97. The van der Waals surface area contributed by atoms with Gasteiger partial charge in [0.25, 0.3) is 5.91 Å². The lowest BCUT2D eigenvalue weighted by Gasteiger charge is -2.37. The van der Waals surface area contributed by atoms with E-state index in [1.54, 1.807) is 0 Å². The van der Waals surface area contributed by atoms with Crippen molar-refractivity contribution in [2.75, 3.05) is 19.6 Å². The Kier molecular flexibility index (Phi) is 5.01. The summed E-state index contributed by atoms with van der Waals surface area (Å²) in [6, 6.07) is 0. The van der Waals surface area contributed by atoms with Crippen molar-refractivity contribution < 1.29 is 9.59 Å². The highest BCUT2D eigenvalue weighted by Gasteiger charge is 2.50. The summed E-state index contributed by atoms with van der Waals surface area (Å²) < 4.78 is 0. The molecule has 2 amide bonds. The van der Waals surface area contributed by atoms with Crippen LogP contribution in [0.1, 0.15) is 59.3 Å². The molecule has 1 fully saturated rings. The number of carbonyl (C=O) groups excluding carboxylic acids is 2. The Morgan fingerprint density at radius 2 is 2.10 bits per heavy atom. The Morgan fingerprint density at radius 3 is 2.71 bits per heavy atom. The maximum absolute atomic E-state index is 12.8. The molecule has 0 N–H and O–H groups in total. The van der Waals surface area contributed by atoms with Crippen LogP contribution in [0.2, 0.25) is 0 Å². The highest BCUT2D eigenvalue weighted by atomic mass is 16.2. The molecule has 5 heteroatoms. The zero-order valence-electron chi connectivity index (χ0n) is 13.5. The fraction of sp³-hybridized carbons (Fsp3) is 0.812. The van der Waals surface area contributed by atoms with E-state index in [1.807, 2.05) is 23.6 Å². The van der Waals surface area contributed by atoms with Crippen LogP contribution in [-0.4, -0.2) is 52.6 Å². The lowest BCUT2D eigenvalue weighted by Crippen LogP contribution is -2.54. The van der Waals surface area contributed by atoms with Gasteiger partial charge in [-0.15, -0.1) is 0 Å². The summed E-state index contributed by atoms with van der Waals surface area (Å²) in [6.45, 7) is 7.90. The second kappa shape index (κ2) is 6.58. The third-order valence-corrected chi connectivity index (χ3v) is 4.49. The first-order valence-electron chi connectivity index (χ1n) is 8.26. The minimum atomic E-state index is -0.692. The molecule has 5 nitrogen and oxygen atoms in total. The smallest absolute Gasteiger partial charge is 0.257 e. The maximum atomic E-state index is 12.8. The number of aliphatic imine (C=N–C) groups is 1. The predicted octanol–water partition coefficient (Wildman–Crippen LogP) is 2.21. The Bertz CT molecular complexity index is 447. The summed E-state index contributed by atoms with van der Waals surface area (Å²) in [5.41, 5.74) is -0.692. The maximum Gasteiger partial charge on any atom is 0.257 e. The van der Waals surface area contributed by atoms with Crippen molar-refractivity contribution in [2.24, 2.45) is 4.99 Å².